The average Bonchev–Trinajstić information content (AvgIpc) is 3.93. The minimum absolute atomic E-state index is 0.497. The minimum Gasteiger partial charge on any atom is -0.455 e. The van der Waals surface area contributed by atoms with Crippen molar-refractivity contribution in [3.05, 3.63) is 212 Å². The van der Waals surface area contributed by atoms with Gasteiger partial charge in [-0.05, 0) is 63.2 Å². The summed E-state index contributed by atoms with van der Waals surface area (Å²) in [6, 6.07) is 73.4. The number of benzene rings is 9. The molecule has 5 heteroatoms. The third kappa shape index (κ3) is 5.98. The van der Waals surface area contributed by atoms with Crippen molar-refractivity contribution in [2.45, 2.75) is 0 Å². The number of nitrogens with zero attached hydrogens (tertiary/aromatic N) is 3. The second-order valence-corrected chi connectivity index (χ2v) is 15.5. The molecule has 0 amide bonds. The van der Waals surface area contributed by atoms with Gasteiger partial charge in [0.2, 0.25) is 0 Å². The monoisotopic (exact) mass is 793 g/mol. The fraction of sp³-hybridized carbons (Fsp3) is 0. The summed E-state index contributed by atoms with van der Waals surface area (Å²) in [5, 5.41) is 4.07. The summed E-state index contributed by atoms with van der Waals surface area (Å²) in [6.45, 7) is 0. The predicted molar refractivity (Wildman–Crippen MR) is 252 cm³/mol. The average molecular weight is 794 g/mol. The molecule has 9 aromatic carbocycles. The maximum atomic E-state index is 6.63. The van der Waals surface area contributed by atoms with Crippen LogP contribution in [0, 0.1) is 0 Å². The molecule has 5 nitrogen and oxygen atoms in total. The van der Waals surface area contributed by atoms with Crippen LogP contribution in [0.3, 0.4) is 0 Å². The topological polar surface area (TPSA) is 65.0 Å². The first kappa shape index (κ1) is 35.5. The zero-order valence-corrected chi connectivity index (χ0v) is 33.4. The fourth-order valence-corrected chi connectivity index (χ4v) is 8.89. The van der Waals surface area contributed by atoms with Crippen molar-refractivity contribution in [2.24, 2.45) is 0 Å². The zero-order valence-electron chi connectivity index (χ0n) is 33.4. The smallest absolute Gasteiger partial charge is 0.167 e. The summed E-state index contributed by atoms with van der Waals surface area (Å²) in [5.41, 5.74) is 14.0. The number of furan rings is 2. The van der Waals surface area contributed by atoms with E-state index in [4.69, 9.17) is 23.8 Å². The van der Waals surface area contributed by atoms with Gasteiger partial charge in [-0.1, -0.05) is 188 Å². The maximum Gasteiger partial charge on any atom is 0.167 e. The molecule has 0 unspecified atom stereocenters. The lowest BCUT2D eigenvalue weighted by Gasteiger charge is -2.20. The van der Waals surface area contributed by atoms with Crippen LogP contribution < -0.4 is 0 Å². The molecule has 62 heavy (non-hydrogen) atoms. The summed E-state index contributed by atoms with van der Waals surface area (Å²) < 4.78 is 13.3. The summed E-state index contributed by atoms with van der Waals surface area (Å²) in [7, 11) is 0. The molecular formula is C57H35N3O2. The Hall–Kier alpha value is -8.41. The molecule has 3 heterocycles. The number of fused-ring (bicyclic) bond motifs is 6. The molecule has 0 aliphatic carbocycles. The third-order valence-electron chi connectivity index (χ3n) is 11.8. The van der Waals surface area contributed by atoms with Crippen molar-refractivity contribution < 1.29 is 8.83 Å². The van der Waals surface area contributed by atoms with Gasteiger partial charge in [-0.2, -0.15) is 0 Å². The molecule has 12 aromatic rings. The van der Waals surface area contributed by atoms with Gasteiger partial charge < -0.3 is 8.83 Å². The Morgan fingerprint density at radius 1 is 0.242 bits per heavy atom. The Bertz CT molecular complexity index is 3480. The van der Waals surface area contributed by atoms with E-state index in [9.17, 15) is 0 Å². The van der Waals surface area contributed by atoms with Gasteiger partial charge in [0.1, 0.15) is 22.3 Å². The first-order chi connectivity index (χ1) is 30.7. The second kappa shape index (κ2) is 14.7. The van der Waals surface area contributed by atoms with Crippen LogP contribution >= 0.6 is 0 Å². The van der Waals surface area contributed by atoms with Crippen LogP contribution in [0.25, 0.3) is 123 Å². The molecule has 3 aromatic heterocycles. The minimum atomic E-state index is 0.497. The zero-order chi connectivity index (χ0) is 41.0. The van der Waals surface area contributed by atoms with E-state index in [1.165, 1.54) is 0 Å². The number of para-hydroxylation sites is 4. The Morgan fingerprint density at radius 2 is 0.629 bits per heavy atom. The molecule has 0 saturated carbocycles. The van der Waals surface area contributed by atoms with Gasteiger partial charge in [-0.15, -0.1) is 0 Å². The molecule has 290 valence electrons. The lowest BCUT2D eigenvalue weighted by Crippen LogP contribution is -2.03. The molecule has 0 aliphatic rings. The Labute approximate surface area is 357 Å². The van der Waals surface area contributed by atoms with Crippen molar-refractivity contribution in [3.63, 3.8) is 0 Å². The molecule has 0 bridgehead atoms. The number of hydrogen-bond acceptors (Lipinski definition) is 5. The van der Waals surface area contributed by atoms with Gasteiger partial charge in [0.25, 0.3) is 0 Å². The summed E-state index contributed by atoms with van der Waals surface area (Å²) >= 11 is 0. The highest BCUT2D eigenvalue weighted by Crippen LogP contribution is 2.46. The standard InChI is InChI=1S/C57H35N3O2/c1-4-16-36(17-5-1)37-30-32-40(33-31-37)51-41(38-18-6-2-7-19-38)34-35-42(39-20-8-3-9-21-39)52(51)57-59-55(47-26-14-24-45-43-22-10-12-28-49(43)61-53(45)47)58-56(60-57)48-27-15-25-46-44-23-11-13-29-50(44)62-54(46)48/h1-35H. The SMILES string of the molecule is c1ccc(-c2ccc(-c3c(-c4ccccc4)ccc(-c4ccccc4)c3-c3nc(-c4cccc5c4oc4ccccc45)nc(-c4cccc5c4oc4ccccc45)n3)cc2)cc1. The quantitative estimate of drug-likeness (QED) is 0.161. The van der Waals surface area contributed by atoms with Crippen molar-refractivity contribution in [3.8, 4) is 78.7 Å². The highest BCUT2D eigenvalue weighted by Gasteiger charge is 2.25. The van der Waals surface area contributed by atoms with Gasteiger partial charge in [0, 0.05) is 32.7 Å². The molecule has 0 aliphatic heterocycles. The summed E-state index contributed by atoms with van der Waals surface area (Å²) in [5.74, 6) is 1.53. The van der Waals surface area contributed by atoms with E-state index in [0.29, 0.717) is 17.5 Å². The van der Waals surface area contributed by atoms with Crippen LogP contribution in [-0.2, 0) is 0 Å². The van der Waals surface area contributed by atoms with E-state index >= 15 is 0 Å². The third-order valence-corrected chi connectivity index (χ3v) is 11.8. The lowest BCUT2D eigenvalue weighted by molar-refractivity contribution is 0.669. The molecule has 0 saturated heterocycles. The van der Waals surface area contributed by atoms with Crippen LogP contribution in [-0.4, -0.2) is 15.0 Å². The Balaban J connectivity index is 1.20. The highest BCUT2D eigenvalue weighted by atomic mass is 16.3. The maximum absolute atomic E-state index is 6.63. The van der Waals surface area contributed by atoms with Gasteiger partial charge in [-0.25, -0.2) is 15.0 Å². The summed E-state index contributed by atoms with van der Waals surface area (Å²) in [4.78, 5) is 16.3. The van der Waals surface area contributed by atoms with Crippen LogP contribution in [0.1, 0.15) is 0 Å². The van der Waals surface area contributed by atoms with E-state index < -0.39 is 0 Å². The lowest BCUT2D eigenvalue weighted by atomic mass is 9.85. The van der Waals surface area contributed by atoms with Crippen LogP contribution in [0.15, 0.2) is 221 Å². The van der Waals surface area contributed by atoms with Crippen LogP contribution in [0.4, 0.5) is 0 Å². The fourth-order valence-electron chi connectivity index (χ4n) is 8.89. The van der Waals surface area contributed by atoms with E-state index in [0.717, 1.165) is 105 Å². The second-order valence-electron chi connectivity index (χ2n) is 15.5. The molecule has 0 radical (unpaired) electrons. The normalized spacial score (nSPS) is 11.5. The Kier molecular flexibility index (Phi) is 8.42. The van der Waals surface area contributed by atoms with Gasteiger partial charge in [0.05, 0.1) is 11.1 Å². The van der Waals surface area contributed by atoms with E-state index in [1.54, 1.807) is 0 Å². The molecule has 0 spiro atoms. The molecular weight excluding hydrogens is 759 g/mol. The van der Waals surface area contributed by atoms with Gasteiger partial charge in [-0.3, -0.25) is 0 Å². The van der Waals surface area contributed by atoms with Crippen molar-refractivity contribution in [2.75, 3.05) is 0 Å². The van der Waals surface area contributed by atoms with Gasteiger partial charge >= 0.3 is 0 Å². The Morgan fingerprint density at radius 3 is 1.15 bits per heavy atom. The van der Waals surface area contributed by atoms with Crippen molar-refractivity contribution in [1.82, 2.24) is 15.0 Å². The van der Waals surface area contributed by atoms with Crippen LogP contribution in [0.5, 0.6) is 0 Å². The van der Waals surface area contributed by atoms with Crippen molar-refractivity contribution >= 4 is 43.9 Å². The van der Waals surface area contributed by atoms with Crippen molar-refractivity contribution in [1.29, 1.82) is 0 Å². The number of aromatic nitrogens is 3. The first-order valence-electron chi connectivity index (χ1n) is 20.8. The van der Waals surface area contributed by atoms with E-state index in [-0.39, 0.29) is 0 Å². The van der Waals surface area contributed by atoms with Gasteiger partial charge in [0.15, 0.2) is 17.5 Å². The number of hydrogen-bond donors (Lipinski definition) is 0. The summed E-state index contributed by atoms with van der Waals surface area (Å²) in [6.07, 6.45) is 0. The largest absolute Gasteiger partial charge is 0.455 e. The first-order valence-corrected chi connectivity index (χ1v) is 20.8. The molecule has 0 atom stereocenters. The molecule has 0 fully saturated rings. The molecule has 0 N–H and O–H groups in total. The predicted octanol–water partition coefficient (Wildman–Crippen LogP) is 15.3. The number of rotatable bonds is 7. The van der Waals surface area contributed by atoms with E-state index in [1.807, 2.05) is 72.8 Å². The highest BCUT2D eigenvalue weighted by molar-refractivity contribution is 6.11. The molecule has 12 rings (SSSR count). The van der Waals surface area contributed by atoms with E-state index in [2.05, 4.69) is 140 Å². The van der Waals surface area contributed by atoms with Crippen LogP contribution in [0.2, 0.25) is 0 Å².